The quantitative estimate of drug-likeness (QED) is 0.875. The van der Waals surface area contributed by atoms with Gasteiger partial charge in [-0.15, -0.1) is 0 Å². The minimum atomic E-state index is -0.551. The molecule has 0 saturated carbocycles. The van der Waals surface area contributed by atoms with Crippen LogP contribution in [0, 0.1) is 17.1 Å². The number of nitrogens with zero attached hydrogens (tertiary/aromatic N) is 2. The van der Waals surface area contributed by atoms with Gasteiger partial charge in [0.1, 0.15) is 6.61 Å². The molecular formula is C19H20FN3O2. The molecule has 1 saturated heterocycles. The molecule has 1 aromatic carbocycles. The second-order valence-electron chi connectivity index (χ2n) is 5.93. The molecule has 0 amide bonds. The van der Waals surface area contributed by atoms with E-state index in [0.29, 0.717) is 12.3 Å². The minimum absolute atomic E-state index is 0.108. The highest BCUT2D eigenvalue weighted by atomic mass is 19.1. The summed E-state index contributed by atoms with van der Waals surface area (Å²) in [5, 5.41) is 12.1. The van der Waals surface area contributed by atoms with Crippen LogP contribution in [-0.2, 0) is 18.0 Å². The van der Waals surface area contributed by atoms with Gasteiger partial charge in [-0.05, 0) is 56.3 Å². The van der Waals surface area contributed by atoms with Crippen LogP contribution in [0.1, 0.15) is 29.8 Å². The van der Waals surface area contributed by atoms with Crippen molar-refractivity contribution < 1.29 is 13.9 Å². The zero-order valence-electron chi connectivity index (χ0n) is 13.9. The molecule has 25 heavy (non-hydrogen) atoms. The van der Waals surface area contributed by atoms with Gasteiger partial charge in [0.05, 0.1) is 35.7 Å². The number of nitrogens with one attached hydrogen (secondary N) is 1. The highest BCUT2D eigenvalue weighted by Gasteiger charge is 2.13. The van der Waals surface area contributed by atoms with E-state index in [2.05, 4.69) is 10.3 Å². The first-order valence-corrected chi connectivity index (χ1v) is 8.34. The predicted molar refractivity (Wildman–Crippen MR) is 90.4 cm³/mol. The van der Waals surface area contributed by atoms with Crippen molar-refractivity contribution in [1.82, 2.24) is 10.3 Å². The number of hydrogen-bond donors (Lipinski definition) is 1. The maximum absolute atomic E-state index is 13.8. The van der Waals surface area contributed by atoms with Crippen LogP contribution >= 0.6 is 0 Å². The number of rotatable bonds is 6. The summed E-state index contributed by atoms with van der Waals surface area (Å²) in [4.78, 5) is 4.50. The zero-order chi connectivity index (χ0) is 17.5. The minimum Gasteiger partial charge on any atom is -0.484 e. The summed E-state index contributed by atoms with van der Waals surface area (Å²) in [6.07, 6.45) is 2.30. The summed E-state index contributed by atoms with van der Waals surface area (Å²) in [6, 6.07) is 11.7. The third-order valence-corrected chi connectivity index (χ3v) is 4.05. The van der Waals surface area contributed by atoms with E-state index >= 15 is 0 Å². The summed E-state index contributed by atoms with van der Waals surface area (Å²) in [5.41, 5.74) is 1.80. The van der Waals surface area contributed by atoms with E-state index in [-0.39, 0.29) is 24.0 Å². The Hall–Kier alpha value is -2.49. The SMILES string of the molecule is N#Cc1ccc(OCc2cccc(COC3CCNCC3)n2)c(F)c1. The number of aromatic nitrogens is 1. The third-order valence-electron chi connectivity index (χ3n) is 4.05. The van der Waals surface area contributed by atoms with E-state index in [9.17, 15) is 4.39 Å². The molecule has 3 rings (SSSR count). The molecule has 6 heteroatoms. The predicted octanol–water partition coefficient (Wildman–Crippen LogP) is 2.94. The number of pyridine rings is 1. The molecule has 0 spiro atoms. The normalized spacial score (nSPS) is 14.9. The molecule has 0 aliphatic carbocycles. The highest BCUT2D eigenvalue weighted by Crippen LogP contribution is 2.19. The number of hydrogen-bond acceptors (Lipinski definition) is 5. The van der Waals surface area contributed by atoms with E-state index in [1.54, 1.807) is 0 Å². The molecular weight excluding hydrogens is 321 g/mol. The van der Waals surface area contributed by atoms with Crippen LogP contribution in [0.25, 0.3) is 0 Å². The van der Waals surface area contributed by atoms with Crippen LogP contribution in [0.2, 0.25) is 0 Å². The number of ether oxygens (including phenoxy) is 2. The van der Waals surface area contributed by atoms with Crippen LogP contribution in [0.5, 0.6) is 5.75 Å². The summed E-state index contributed by atoms with van der Waals surface area (Å²) in [5.74, 6) is -0.443. The Labute approximate surface area is 146 Å². The van der Waals surface area contributed by atoms with Gasteiger partial charge in [0, 0.05) is 0 Å². The average molecular weight is 341 g/mol. The van der Waals surface area contributed by atoms with Crippen molar-refractivity contribution in [2.75, 3.05) is 13.1 Å². The zero-order valence-corrected chi connectivity index (χ0v) is 13.9. The Morgan fingerprint density at radius 2 is 1.92 bits per heavy atom. The second kappa shape index (κ2) is 8.56. The van der Waals surface area contributed by atoms with Crippen LogP contribution in [0.3, 0.4) is 0 Å². The van der Waals surface area contributed by atoms with Gasteiger partial charge in [-0.25, -0.2) is 4.39 Å². The Morgan fingerprint density at radius 3 is 2.64 bits per heavy atom. The lowest BCUT2D eigenvalue weighted by atomic mass is 10.1. The van der Waals surface area contributed by atoms with E-state index in [1.807, 2.05) is 24.3 Å². The van der Waals surface area contributed by atoms with Crippen molar-refractivity contribution in [2.45, 2.75) is 32.2 Å². The number of benzene rings is 1. The van der Waals surface area contributed by atoms with Crippen molar-refractivity contribution >= 4 is 0 Å². The Balaban J connectivity index is 1.55. The molecule has 5 nitrogen and oxygen atoms in total. The molecule has 130 valence electrons. The summed E-state index contributed by atoms with van der Waals surface area (Å²) >= 11 is 0. The first-order valence-electron chi connectivity index (χ1n) is 8.34. The van der Waals surface area contributed by atoms with Gasteiger partial charge >= 0.3 is 0 Å². The fourth-order valence-corrected chi connectivity index (χ4v) is 2.69. The molecule has 0 bridgehead atoms. The average Bonchev–Trinajstić information content (AvgIpc) is 2.66. The molecule has 1 fully saturated rings. The fraction of sp³-hybridized carbons (Fsp3) is 0.368. The van der Waals surface area contributed by atoms with Crippen molar-refractivity contribution in [3.8, 4) is 11.8 Å². The summed E-state index contributed by atoms with van der Waals surface area (Å²) in [6.45, 7) is 2.60. The monoisotopic (exact) mass is 341 g/mol. The standard InChI is InChI=1S/C19H20FN3O2/c20-18-10-14(11-21)4-5-19(18)25-13-16-3-1-2-15(23-16)12-24-17-6-8-22-9-7-17/h1-5,10,17,22H,6-9,12-13H2. The third kappa shape index (κ3) is 4.99. The molecule has 0 atom stereocenters. The number of halogens is 1. The lowest BCUT2D eigenvalue weighted by Crippen LogP contribution is -2.32. The summed E-state index contributed by atoms with van der Waals surface area (Å²) < 4.78 is 25.2. The second-order valence-corrected chi connectivity index (χ2v) is 5.93. The van der Waals surface area contributed by atoms with Crippen LogP contribution in [0.15, 0.2) is 36.4 Å². The van der Waals surface area contributed by atoms with Gasteiger partial charge in [-0.1, -0.05) is 6.07 Å². The molecule has 2 aromatic rings. The van der Waals surface area contributed by atoms with Crippen LogP contribution in [0.4, 0.5) is 4.39 Å². The number of nitriles is 1. The first kappa shape index (κ1) is 17.3. The molecule has 1 aromatic heterocycles. The maximum Gasteiger partial charge on any atom is 0.166 e. The van der Waals surface area contributed by atoms with Crippen molar-refractivity contribution in [3.63, 3.8) is 0 Å². The van der Waals surface area contributed by atoms with Crippen molar-refractivity contribution in [3.05, 3.63) is 59.2 Å². The van der Waals surface area contributed by atoms with Crippen LogP contribution in [-0.4, -0.2) is 24.2 Å². The molecule has 0 unspecified atom stereocenters. The van der Waals surface area contributed by atoms with Gasteiger partial charge in [-0.3, -0.25) is 4.98 Å². The smallest absolute Gasteiger partial charge is 0.166 e. The molecule has 0 radical (unpaired) electrons. The topological polar surface area (TPSA) is 67.2 Å². The van der Waals surface area contributed by atoms with E-state index in [1.165, 1.54) is 12.1 Å². The molecule has 2 heterocycles. The molecule has 1 aliphatic rings. The van der Waals surface area contributed by atoms with Crippen molar-refractivity contribution in [1.29, 1.82) is 5.26 Å². The molecule has 1 N–H and O–H groups in total. The highest BCUT2D eigenvalue weighted by molar-refractivity contribution is 5.36. The van der Waals surface area contributed by atoms with Crippen LogP contribution < -0.4 is 10.1 Å². The largest absolute Gasteiger partial charge is 0.484 e. The van der Waals surface area contributed by atoms with Crippen molar-refractivity contribution in [2.24, 2.45) is 0 Å². The fourth-order valence-electron chi connectivity index (χ4n) is 2.69. The van der Waals surface area contributed by atoms with Gasteiger partial charge in [0.25, 0.3) is 0 Å². The van der Waals surface area contributed by atoms with Gasteiger partial charge in [-0.2, -0.15) is 5.26 Å². The first-order chi connectivity index (χ1) is 12.2. The Morgan fingerprint density at radius 1 is 1.16 bits per heavy atom. The van der Waals surface area contributed by atoms with Gasteiger partial charge < -0.3 is 14.8 Å². The molecule has 1 aliphatic heterocycles. The number of piperidine rings is 1. The van der Waals surface area contributed by atoms with Gasteiger partial charge in [0.2, 0.25) is 0 Å². The summed E-state index contributed by atoms with van der Waals surface area (Å²) in [7, 11) is 0. The lowest BCUT2D eigenvalue weighted by molar-refractivity contribution is 0.0194. The Bertz CT molecular complexity index is 755. The van der Waals surface area contributed by atoms with Gasteiger partial charge in [0.15, 0.2) is 11.6 Å². The van der Waals surface area contributed by atoms with E-state index in [4.69, 9.17) is 14.7 Å². The Kier molecular flexibility index (Phi) is 5.94. The van der Waals surface area contributed by atoms with E-state index in [0.717, 1.165) is 37.7 Å². The van der Waals surface area contributed by atoms with E-state index < -0.39 is 5.82 Å². The maximum atomic E-state index is 13.8. The lowest BCUT2D eigenvalue weighted by Gasteiger charge is -2.22.